The van der Waals surface area contributed by atoms with Crippen LogP contribution in [0.4, 0.5) is 16.6 Å². The molecule has 1 amide bonds. The van der Waals surface area contributed by atoms with Gasteiger partial charge in [0.25, 0.3) is 24.9 Å². The Morgan fingerprint density at radius 1 is 0.840 bits per heavy atom. The molecule has 0 radical (unpaired) electrons. The van der Waals surface area contributed by atoms with Crippen LogP contribution in [0.3, 0.4) is 0 Å². The zero-order chi connectivity index (χ0) is 58.9. The standard InChI is InChI=1S/C38H55N13O26P4/c1-4-5-6-8-41-38(58)68-10-17-18(72-33(24(17)53)51-16-48(2)23-31(51)46-36(40)47-32(23)56)11-70-79(61,62)76-81(65,66)77-80(63,64)71-13-20-27(28(67-3)35(74-20)50-15-44-22-29(39)42-14-43-30(22)50)75-78(59,60)69-12-19-25(54)26(55)34(73-19)49-9-7-21(52)45-37(49)57/h7,9,14-20,24-28,33-35,53-55H,4-6,8,10-13H2,1-3H3,(H10-,39,40,41,42,43,45,46,47,52,56,57,58,59,60,61,62,63,64,65,66)/t17-,18-,19-,20?,24-,25-,26-,27-,28-,33-,34-,35-/m1/s1. The number of aromatic amines is 2. The predicted octanol–water partition coefficient (Wildman–Crippen LogP) is -3.34. The van der Waals surface area contributed by atoms with Crippen LogP contribution in [0.1, 0.15) is 44.9 Å². The summed E-state index contributed by atoms with van der Waals surface area (Å²) in [7, 11) is -21.4. The molecule has 13 N–H and O–H groups in total. The molecule has 5 unspecified atom stereocenters. The largest absolute Gasteiger partial charge is 0.756 e. The molecule has 5 aromatic heterocycles. The highest BCUT2D eigenvalue weighted by atomic mass is 31.3. The number of methoxy groups -OCH3 is 1. The number of H-pyrrole nitrogens is 2. The molecule has 3 fully saturated rings. The van der Waals surface area contributed by atoms with E-state index in [9.17, 15) is 72.3 Å². The van der Waals surface area contributed by atoms with Crippen molar-refractivity contribution in [1.82, 2.24) is 48.9 Å². The van der Waals surface area contributed by atoms with Gasteiger partial charge in [-0.3, -0.25) is 46.9 Å². The normalized spacial score (nSPS) is 28.9. The van der Waals surface area contributed by atoms with Crippen molar-refractivity contribution >= 4 is 71.5 Å². The van der Waals surface area contributed by atoms with E-state index in [1.807, 2.05) is 11.9 Å². The highest BCUT2D eigenvalue weighted by Crippen LogP contribution is 2.68. The van der Waals surface area contributed by atoms with E-state index in [0.29, 0.717) is 11.0 Å². The molecule has 3 aliphatic rings. The van der Waals surface area contributed by atoms with Crippen LogP contribution >= 0.6 is 31.3 Å². The lowest BCUT2D eigenvalue weighted by molar-refractivity contribution is -0.745. The summed E-state index contributed by atoms with van der Waals surface area (Å²) in [6.07, 6.45) is -13.0. The van der Waals surface area contributed by atoms with E-state index in [4.69, 9.17) is 53.2 Å². The first-order chi connectivity index (χ1) is 38.1. The summed E-state index contributed by atoms with van der Waals surface area (Å²) in [5, 5.41) is 35.4. The number of nitrogens with one attached hydrogen (secondary N) is 3. The summed E-state index contributed by atoms with van der Waals surface area (Å²) < 4.78 is 115. The zero-order valence-electron chi connectivity index (χ0n) is 42.3. The van der Waals surface area contributed by atoms with Gasteiger partial charge in [0.05, 0.1) is 45.2 Å². The minimum absolute atomic E-state index is 0.0204. The van der Waals surface area contributed by atoms with Crippen molar-refractivity contribution in [2.45, 2.75) is 93.7 Å². The van der Waals surface area contributed by atoms with Crippen molar-refractivity contribution < 1.29 is 113 Å². The quantitative estimate of drug-likeness (QED) is 0.0155. The molecule has 0 aliphatic carbocycles. The van der Waals surface area contributed by atoms with Crippen LogP contribution in [0.25, 0.3) is 22.3 Å². The zero-order valence-corrected chi connectivity index (χ0v) is 45.9. The maximum atomic E-state index is 13.5. The Kier molecular flexibility index (Phi) is 19.0. The minimum atomic E-state index is -6.27. The summed E-state index contributed by atoms with van der Waals surface area (Å²) >= 11 is 0. The van der Waals surface area contributed by atoms with Gasteiger partial charge in [-0.1, -0.05) is 24.7 Å². The number of aryl methyl sites for hydroxylation is 1. The highest BCUT2D eigenvalue weighted by Gasteiger charge is 2.53. The number of hydrogen-bond donors (Lipinski definition) is 11. The summed E-state index contributed by atoms with van der Waals surface area (Å²) in [5.41, 5.74) is 9.07. The first kappa shape index (κ1) is 61.8. The SMILES string of the molecule is CCCCCNC(=O)OC[C@H]1[C@@H](O)[C@H]([n+]2cn(C)c3c(=O)[nH]c(N)nc32)O[C@@H]1COP(=O)(O)OP(=O)(O)OP(=O)(O)OCC1O[C@@H](n2cnc3c(N)ncnc32)[C@H](OC)[C@@H]1OP(=O)([O-])OC[C@H]1O[C@@H](n2ccc(=O)[nH]c2=O)[C@H](O)[C@@H]1O. The first-order valence-corrected chi connectivity index (χ1v) is 29.8. The second kappa shape index (κ2) is 24.9. The maximum absolute atomic E-state index is 13.5. The van der Waals surface area contributed by atoms with E-state index in [1.54, 1.807) is 0 Å². The molecule has 448 valence electrons. The molecule has 8 rings (SSSR count). The number of nitrogens with zero attached hydrogens (tertiary/aromatic N) is 8. The number of amides is 1. The third kappa shape index (κ3) is 14.2. The van der Waals surface area contributed by atoms with Gasteiger partial charge in [-0.15, -0.1) is 0 Å². The third-order valence-electron chi connectivity index (χ3n) is 12.6. The van der Waals surface area contributed by atoms with Crippen LogP contribution in [-0.4, -0.2) is 169 Å². The Morgan fingerprint density at radius 3 is 2.20 bits per heavy atom. The van der Waals surface area contributed by atoms with E-state index in [1.165, 1.54) is 27.1 Å². The Labute approximate surface area is 453 Å². The molecule has 81 heavy (non-hydrogen) atoms. The van der Waals surface area contributed by atoms with E-state index >= 15 is 0 Å². The Hall–Kier alpha value is -5.31. The Morgan fingerprint density at radius 2 is 1.52 bits per heavy atom. The van der Waals surface area contributed by atoms with Crippen molar-refractivity contribution in [3.8, 4) is 0 Å². The number of imidazole rings is 2. The van der Waals surface area contributed by atoms with E-state index < -0.39 is 154 Å². The number of anilines is 2. The fraction of sp³-hybridized carbons (Fsp3) is 0.605. The van der Waals surface area contributed by atoms with Crippen molar-refractivity contribution in [1.29, 1.82) is 0 Å². The van der Waals surface area contributed by atoms with Gasteiger partial charge in [-0.25, -0.2) is 42.8 Å². The molecular weight excluding hydrogens is 1180 g/mol. The number of carbonyl (C=O) groups excluding carboxylic acids is 1. The maximum Gasteiger partial charge on any atom is 0.490 e. The molecule has 0 spiro atoms. The van der Waals surface area contributed by atoms with E-state index in [2.05, 4.69) is 38.9 Å². The molecule has 5 aromatic rings. The number of phosphoric ester groups is 3. The van der Waals surface area contributed by atoms with Gasteiger partial charge in [0.2, 0.25) is 11.7 Å². The van der Waals surface area contributed by atoms with E-state index in [0.717, 1.165) is 44.9 Å². The lowest BCUT2D eigenvalue weighted by atomic mass is 9.99. The molecule has 43 heteroatoms. The van der Waals surface area contributed by atoms with Gasteiger partial charge in [0.15, 0.2) is 30.2 Å². The lowest BCUT2D eigenvalue weighted by Crippen LogP contribution is -2.46. The number of carbonyl (C=O) groups is 1. The number of ether oxygens (including phenoxy) is 5. The number of aliphatic hydroxyl groups is 3. The molecule has 39 nitrogen and oxygen atoms in total. The number of unbranched alkanes of at least 4 members (excludes halogenated alkanes) is 2. The van der Waals surface area contributed by atoms with Crippen molar-refractivity contribution in [3.05, 3.63) is 62.4 Å². The summed E-state index contributed by atoms with van der Waals surface area (Å²) in [4.78, 5) is 115. The Balaban J connectivity index is 0.945. The van der Waals surface area contributed by atoms with Gasteiger partial charge in [-0.2, -0.15) is 8.62 Å². The van der Waals surface area contributed by atoms with Crippen molar-refractivity contribution in [2.75, 3.05) is 51.5 Å². The van der Waals surface area contributed by atoms with Crippen LogP contribution < -0.4 is 43.1 Å². The number of alkyl carbamates (subject to hydrolysis) is 1. The number of aliphatic hydroxyl groups excluding tert-OH is 3. The number of nitrogens with two attached hydrogens (primary N) is 2. The second-order valence-electron chi connectivity index (χ2n) is 18.1. The van der Waals surface area contributed by atoms with Crippen molar-refractivity contribution in [2.24, 2.45) is 13.0 Å². The molecule has 3 saturated heterocycles. The van der Waals surface area contributed by atoms with Gasteiger partial charge in [0, 0.05) is 25.9 Å². The molecule has 16 atom stereocenters. The summed E-state index contributed by atoms with van der Waals surface area (Å²) in [5.74, 6) is -1.74. The predicted molar refractivity (Wildman–Crippen MR) is 262 cm³/mol. The topological polar surface area (TPSA) is 548 Å². The molecular formula is C38H55N13O26P4. The smallest absolute Gasteiger partial charge is 0.490 e. The third-order valence-corrected chi connectivity index (χ3v) is 17.8. The van der Waals surface area contributed by atoms with Gasteiger partial charge in [0.1, 0.15) is 61.2 Å². The number of phosphoric acid groups is 4. The number of rotatable bonds is 25. The highest BCUT2D eigenvalue weighted by molar-refractivity contribution is 7.66. The van der Waals surface area contributed by atoms with Crippen LogP contribution in [0.2, 0.25) is 0 Å². The van der Waals surface area contributed by atoms with Crippen LogP contribution in [0.15, 0.2) is 45.6 Å². The molecule has 0 bridgehead atoms. The number of hydrogen-bond acceptors (Lipinski definition) is 29. The van der Waals surface area contributed by atoms with E-state index in [-0.39, 0.29) is 40.6 Å². The molecule has 3 aliphatic heterocycles. The Bertz CT molecular complexity index is 3470. The average molecular weight is 1230 g/mol. The second-order valence-corrected chi connectivity index (χ2v) is 24.1. The van der Waals surface area contributed by atoms with Crippen LogP contribution in [-0.2, 0) is 75.7 Å². The fourth-order valence-electron chi connectivity index (χ4n) is 8.86. The monoisotopic (exact) mass is 1230 g/mol. The fourth-order valence-corrected chi connectivity index (χ4v) is 13.3. The first-order valence-electron chi connectivity index (χ1n) is 23.9. The summed E-state index contributed by atoms with van der Waals surface area (Å²) in [6, 6.07) is 0.910. The molecule has 8 heterocycles. The van der Waals surface area contributed by atoms with Gasteiger partial charge < -0.3 is 84.4 Å². The van der Waals surface area contributed by atoms with Gasteiger partial charge in [-0.05, 0) is 6.42 Å². The lowest BCUT2D eigenvalue weighted by Gasteiger charge is -2.31. The average Bonchev–Trinajstić information content (AvgIpc) is 4.12. The minimum Gasteiger partial charge on any atom is -0.756 e. The van der Waals surface area contributed by atoms with Crippen LogP contribution in [0.5, 0.6) is 0 Å². The number of fused-ring (bicyclic) bond motifs is 2. The van der Waals surface area contributed by atoms with Gasteiger partial charge >= 0.3 is 40.9 Å². The van der Waals surface area contributed by atoms with Crippen molar-refractivity contribution in [3.63, 3.8) is 0 Å². The number of nitrogen functional groups attached to an aromatic ring is 2. The number of aromatic nitrogens is 10. The molecule has 0 saturated carbocycles. The summed E-state index contributed by atoms with van der Waals surface area (Å²) in [6.45, 7) is -1.94. The van der Waals surface area contributed by atoms with Crippen LogP contribution in [0, 0.1) is 5.92 Å². The molecule has 0 aromatic carbocycles.